The fourth-order valence-corrected chi connectivity index (χ4v) is 3.98. The molecule has 142 valence electrons. The van der Waals surface area contributed by atoms with Gasteiger partial charge < -0.3 is 19.5 Å². The molecule has 0 atom stereocenters. The van der Waals surface area contributed by atoms with Crippen molar-refractivity contribution in [2.24, 2.45) is 0 Å². The maximum atomic E-state index is 12.7. The molecule has 1 aliphatic carbocycles. The van der Waals surface area contributed by atoms with Gasteiger partial charge in [0.1, 0.15) is 5.75 Å². The zero-order chi connectivity index (χ0) is 19.1. The van der Waals surface area contributed by atoms with E-state index in [0.29, 0.717) is 17.0 Å². The van der Waals surface area contributed by atoms with Gasteiger partial charge in [0.2, 0.25) is 0 Å². The molecule has 5 nitrogen and oxygen atoms in total. The lowest BCUT2D eigenvalue weighted by atomic mass is 10.1. The predicted octanol–water partition coefficient (Wildman–Crippen LogP) is 5.14. The number of rotatable bonds is 3. The molecule has 1 heterocycles. The minimum atomic E-state index is -0.496. The van der Waals surface area contributed by atoms with Crippen LogP contribution in [0.15, 0.2) is 54.6 Å². The third-order valence-electron chi connectivity index (χ3n) is 5.47. The molecule has 3 aromatic carbocycles. The van der Waals surface area contributed by atoms with E-state index in [9.17, 15) is 4.79 Å². The summed E-state index contributed by atoms with van der Waals surface area (Å²) in [6, 6.07) is 17.0. The molecular weight excluding hydrogens is 354 g/mol. The Morgan fingerprint density at radius 1 is 0.929 bits per heavy atom. The first-order chi connectivity index (χ1) is 13.6. The molecule has 0 radical (unpaired) electrons. The minimum absolute atomic E-state index is 0.160. The molecule has 2 aliphatic rings. The lowest BCUT2D eigenvalue weighted by Crippen LogP contribution is -2.34. The number of benzene rings is 3. The maximum Gasteiger partial charge on any atom is 0.255 e. The van der Waals surface area contributed by atoms with Gasteiger partial charge in [-0.1, -0.05) is 12.1 Å². The fraction of sp³-hybridized carbons (Fsp3) is 0.261. The van der Waals surface area contributed by atoms with Crippen LogP contribution >= 0.6 is 0 Å². The number of hydrogen-bond acceptors (Lipinski definition) is 4. The SMILES string of the molecule is COc1ccc2cc(C(=O)Nc3ccc4c(c3)OC3(CCCC3)O4)ccc2c1. The molecule has 1 aliphatic heterocycles. The van der Waals surface area contributed by atoms with E-state index in [2.05, 4.69) is 5.32 Å². The van der Waals surface area contributed by atoms with Gasteiger partial charge in [-0.15, -0.1) is 0 Å². The summed E-state index contributed by atoms with van der Waals surface area (Å²) in [5.74, 6) is 1.59. The highest BCUT2D eigenvalue weighted by molar-refractivity contribution is 6.06. The number of methoxy groups -OCH3 is 1. The number of fused-ring (bicyclic) bond motifs is 2. The molecule has 0 bridgehead atoms. The van der Waals surface area contributed by atoms with E-state index in [0.717, 1.165) is 48.0 Å². The predicted molar refractivity (Wildman–Crippen MR) is 107 cm³/mol. The van der Waals surface area contributed by atoms with Crippen LogP contribution in [0.1, 0.15) is 36.0 Å². The molecule has 1 spiro atoms. The number of carbonyl (C=O) groups is 1. The largest absolute Gasteiger partial charge is 0.497 e. The zero-order valence-corrected chi connectivity index (χ0v) is 15.7. The van der Waals surface area contributed by atoms with Crippen molar-refractivity contribution >= 4 is 22.4 Å². The van der Waals surface area contributed by atoms with Gasteiger partial charge in [0.25, 0.3) is 11.7 Å². The van der Waals surface area contributed by atoms with E-state index in [-0.39, 0.29) is 5.91 Å². The van der Waals surface area contributed by atoms with Crippen LogP contribution in [-0.4, -0.2) is 18.8 Å². The molecule has 0 saturated heterocycles. The van der Waals surface area contributed by atoms with Crippen LogP contribution in [0, 0.1) is 0 Å². The lowest BCUT2D eigenvalue weighted by Gasteiger charge is -2.21. The number of anilines is 1. The number of amides is 1. The smallest absolute Gasteiger partial charge is 0.255 e. The molecule has 5 rings (SSSR count). The molecule has 28 heavy (non-hydrogen) atoms. The van der Waals surface area contributed by atoms with Crippen molar-refractivity contribution in [3.05, 3.63) is 60.2 Å². The molecule has 0 aromatic heterocycles. The quantitative estimate of drug-likeness (QED) is 0.688. The van der Waals surface area contributed by atoms with E-state index in [4.69, 9.17) is 14.2 Å². The second kappa shape index (κ2) is 6.44. The van der Waals surface area contributed by atoms with Crippen molar-refractivity contribution in [1.82, 2.24) is 0 Å². The third kappa shape index (κ3) is 2.93. The van der Waals surface area contributed by atoms with Crippen LogP contribution in [0.3, 0.4) is 0 Å². The number of hydrogen-bond donors (Lipinski definition) is 1. The van der Waals surface area contributed by atoms with Gasteiger partial charge in [-0.3, -0.25) is 4.79 Å². The van der Waals surface area contributed by atoms with E-state index in [1.165, 1.54) is 0 Å². The second-order valence-electron chi connectivity index (χ2n) is 7.37. The summed E-state index contributed by atoms with van der Waals surface area (Å²) in [4.78, 5) is 12.7. The number of carbonyl (C=O) groups excluding carboxylic acids is 1. The Kier molecular flexibility index (Phi) is 3.90. The Balaban J connectivity index is 1.35. The first kappa shape index (κ1) is 16.9. The molecule has 0 unspecified atom stereocenters. The normalized spacial score (nSPS) is 16.5. The Labute approximate surface area is 163 Å². The van der Waals surface area contributed by atoms with Crippen molar-refractivity contribution in [3.8, 4) is 17.2 Å². The first-order valence-corrected chi connectivity index (χ1v) is 9.55. The summed E-state index contributed by atoms with van der Waals surface area (Å²) < 4.78 is 17.3. The highest BCUT2D eigenvalue weighted by Crippen LogP contribution is 2.47. The number of nitrogens with one attached hydrogen (secondary N) is 1. The molecular formula is C23H21NO4. The second-order valence-corrected chi connectivity index (χ2v) is 7.37. The van der Waals surface area contributed by atoms with Crippen molar-refractivity contribution in [1.29, 1.82) is 0 Å². The van der Waals surface area contributed by atoms with Gasteiger partial charge in [0.05, 0.1) is 7.11 Å². The highest BCUT2D eigenvalue weighted by Gasteiger charge is 2.44. The Morgan fingerprint density at radius 2 is 1.68 bits per heavy atom. The molecule has 3 aromatic rings. The molecule has 1 N–H and O–H groups in total. The summed E-state index contributed by atoms with van der Waals surface area (Å²) in [5.41, 5.74) is 1.29. The Bertz CT molecular complexity index is 1070. The Morgan fingerprint density at radius 3 is 2.50 bits per heavy atom. The molecule has 5 heteroatoms. The van der Waals surface area contributed by atoms with Gasteiger partial charge in [0, 0.05) is 30.2 Å². The number of ether oxygens (including phenoxy) is 3. The van der Waals surface area contributed by atoms with Crippen molar-refractivity contribution < 1.29 is 19.0 Å². The summed E-state index contributed by atoms with van der Waals surface area (Å²) in [5, 5.41) is 4.97. The monoisotopic (exact) mass is 375 g/mol. The zero-order valence-electron chi connectivity index (χ0n) is 15.7. The van der Waals surface area contributed by atoms with E-state index < -0.39 is 5.79 Å². The van der Waals surface area contributed by atoms with Gasteiger partial charge in [-0.2, -0.15) is 0 Å². The van der Waals surface area contributed by atoms with Gasteiger partial charge >= 0.3 is 0 Å². The van der Waals surface area contributed by atoms with Gasteiger partial charge in [-0.25, -0.2) is 0 Å². The summed E-state index contributed by atoms with van der Waals surface area (Å²) in [6.45, 7) is 0. The molecule has 1 fully saturated rings. The van der Waals surface area contributed by atoms with Crippen molar-refractivity contribution in [2.45, 2.75) is 31.5 Å². The lowest BCUT2D eigenvalue weighted by molar-refractivity contribution is -0.0716. The van der Waals surface area contributed by atoms with Gasteiger partial charge in [-0.05, 0) is 60.0 Å². The average molecular weight is 375 g/mol. The van der Waals surface area contributed by atoms with Crippen LogP contribution in [-0.2, 0) is 0 Å². The van der Waals surface area contributed by atoms with Crippen LogP contribution in [0.2, 0.25) is 0 Å². The summed E-state index contributed by atoms with van der Waals surface area (Å²) in [6.07, 6.45) is 4.05. The van der Waals surface area contributed by atoms with E-state index >= 15 is 0 Å². The van der Waals surface area contributed by atoms with E-state index in [1.54, 1.807) is 7.11 Å². The van der Waals surface area contributed by atoms with Crippen LogP contribution in [0.4, 0.5) is 5.69 Å². The van der Waals surface area contributed by atoms with Crippen LogP contribution in [0.5, 0.6) is 17.2 Å². The van der Waals surface area contributed by atoms with Crippen molar-refractivity contribution in [3.63, 3.8) is 0 Å². The van der Waals surface area contributed by atoms with Crippen molar-refractivity contribution in [2.75, 3.05) is 12.4 Å². The van der Waals surface area contributed by atoms with Crippen LogP contribution < -0.4 is 19.5 Å². The van der Waals surface area contributed by atoms with E-state index in [1.807, 2.05) is 54.6 Å². The summed E-state index contributed by atoms with van der Waals surface area (Å²) >= 11 is 0. The maximum absolute atomic E-state index is 12.7. The minimum Gasteiger partial charge on any atom is -0.497 e. The summed E-state index contributed by atoms with van der Waals surface area (Å²) in [7, 11) is 1.64. The standard InChI is InChI=1S/C23H21NO4/c1-26-19-8-6-15-12-17(5-4-16(15)13-19)22(25)24-18-7-9-20-21(14-18)28-23(27-20)10-2-3-11-23/h4-9,12-14H,2-3,10-11H2,1H3,(H,24,25). The topological polar surface area (TPSA) is 56.8 Å². The highest BCUT2D eigenvalue weighted by atomic mass is 16.7. The van der Waals surface area contributed by atoms with Crippen LogP contribution in [0.25, 0.3) is 10.8 Å². The fourth-order valence-electron chi connectivity index (χ4n) is 3.98. The molecule has 1 saturated carbocycles. The average Bonchev–Trinajstić information content (AvgIpc) is 3.32. The van der Waals surface area contributed by atoms with Gasteiger partial charge in [0.15, 0.2) is 11.5 Å². The molecule has 1 amide bonds. The Hall–Kier alpha value is -3.21. The third-order valence-corrected chi connectivity index (χ3v) is 5.47. The first-order valence-electron chi connectivity index (χ1n) is 9.55.